The number of hydrogen-bond acceptors (Lipinski definition) is 5. The quantitative estimate of drug-likeness (QED) is 0.815. The fourth-order valence-electron chi connectivity index (χ4n) is 3.12. The predicted octanol–water partition coefficient (Wildman–Crippen LogP) is 0.666. The number of hydrogen-bond donors (Lipinski definition) is 0. The van der Waals surface area contributed by atoms with Crippen molar-refractivity contribution >= 4 is 0 Å². The number of nitrogens with zero attached hydrogens (tertiary/aromatic N) is 3. The van der Waals surface area contributed by atoms with Gasteiger partial charge in [0.1, 0.15) is 5.75 Å². The third-order valence-corrected chi connectivity index (χ3v) is 4.53. The molecule has 3 rings (SSSR count). The first kappa shape index (κ1) is 17.4. The van der Waals surface area contributed by atoms with Gasteiger partial charge in [0.2, 0.25) is 0 Å². The van der Waals surface area contributed by atoms with Gasteiger partial charge in [0.05, 0.1) is 19.8 Å². The van der Waals surface area contributed by atoms with Crippen molar-refractivity contribution in [2.75, 3.05) is 26.8 Å². The highest BCUT2D eigenvalue weighted by Gasteiger charge is 2.23. The average Bonchev–Trinajstić information content (AvgIpc) is 2.64. The molecule has 1 fully saturated rings. The van der Waals surface area contributed by atoms with Crippen LogP contribution in [0.25, 0.3) is 0 Å². The number of methoxy groups -OCH3 is 1. The molecule has 0 N–H and O–H groups in total. The van der Waals surface area contributed by atoms with E-state index in [0.29, 0.717) is 25.3 Å². The molecule has 2 aromatic rings. The van der Waals surface area contributed by atoms with Crippen LogP contribution in [0.4, 0.5) is 0 Å². The SMILES string of the molecule is COc1cccc([C@@H]2CN(Cc3cn(C)c(=O)n(C)c3=O)CCO2)c1. The van der Waals surface area contributed by atoms with Crippen LogP contribution in [0, 0.1) is 0 Å². The van der Waals surface area contributed by atoms with E-state index in [2.05, 4.69) is 4.90 Å². The molecule has 0 aliphatic carbocycles. The maximum absolute atomic E-state index is 12.3. The van der Waals surface area contributed by atoms with Crippen molar-refractivity contribution in [2.45, 2.75) is 12.6 Å². The Morgan fingerprint density at radius 1 is 1.28 bits per heavy atom. The van der Waals surface area contributed by atoms with Crippen molar-refractivity contribution in [3.63, 3.8) is 0 Å². The molecule has 0 spiro atoms. The minimum absolute atomic E-state index is 0.0692. The van der Waals surface area contributed by atoms with Crippen molar-refractivity contribution in [1.29, 1.82) is 0 Å². The Morgan fingerprint density at radius 2 is 2.08 bits per heavy atom. The topological polar surface area (TPSA) is 65.7 Å². The van der Waals surface area contributed by atoms with Gasteiger partial charge in [0.25, 0.3) is 5.56 Å². The highest BCUT2D eigenvalue weighted by atomic mass is 16.5. The van der Waals surface area contributed by atoms with Gasteiger partial charge in [-0.2, -0.15) is 0 Å². The molecule has 1 aliphatic rings. The minimum atomic E-state index is -0.315. The summed E-state index contributed by atoms with van der Waals surface area (Å²) in [5.41, 5.74) is 1.10. The van der Waals surface area contributed by atoms with Crippen molar-refractivity contribution in [3.05, 3.63) is 62.4 Å². The van der Waals surface area contributed by atoms with Crippen molar-refractivity contribution < 1.29 is 9.47 Å². The van der Waals surface area contributed by atoms with Crippen LogP contribution >= 0.6 is 0 Å². The summed E-state index contributed by atoms with van der Waals surface area (Å²) >= 11 is 0. The normalized spacial score (nSPS) is 18.3. The van der Waals surface area contributed by atoms with Crippen LogP contribution < -0.4 is 16.0 Å². The Kier molecular flexibility index (Phi) is 5.06. The minimum Gasteiger partial charge on any atom is -0.497 e. The van der Waals surface area contributed by atoms with Gasteiger partial charge in [-0.15, -0.1) is 0 Å². The zero-order valence-corrected chi connectivity index (χ0v) is 14.8. The molecule has 7 nitrogen and oxygen atoms in total. The van der Waals surface area contributed by atoms with Crippen LogP contribution in [-0.4, -0.2) is 40.8 Å². The molecule has 7 heteroatoms. The molecule has 2 heterocycles. The Bertz CT molecular complexity index is 871. The molecule has 1 atom stereocenters. The van der Waals surface area contributed by atoms with Gasteiger partial charge < -0.3 is 14.0 Å². The Morgan fingerprint density at radius 3 is 2.84 bits per heavy atom. The van der Waals surface area contributed by atoms with Gasteiger partial charge in [-0.1, -0.05) is 12.1 Å². The fraction of sp³-hybridized carbons (Fsp3) is 0.444. The molecule has 25 heavy (non-hydrogen) atoms. The maximum atomic E-state index is 12.3. The monoisotopic (exact) mass is 345 g/mol. The smallest absolute Gasteiger partial charge is 0.330 e. The average molecular weight is 345 g/mol. The molecule has 0 bridgehead atoms. The highest BCUT2D eigenvalue weighted by Crippen LogP contribution is 2.25. The van der Waals surface area contributed by atoms with Crippen LogP contribution in [0.1, 0.15) is 17.2 Å². The van der Waals surface area contributed by atoms with E-state index >= 15 is 0 Å². The zero-order valence-electron chi connectivity index (χ0n) is 14.8. The molecule has 1 saturated heterocycles. The molecule has 134 valence electrons. The summed E-state index contributed by atoms with van der Waals surface area (Å²) in [6.45, 7) is 2.50. The molecule has 0 amide bonds. The van der Waals surface area contributed by atoms with Crippen molar-refractivity contribution in [3.8, 4) is 5.75 Å². The Labute approximate surface area is 146 Å². The van der Waals surface area contributed by atoms with Crippen LogP contribution in [-0.2, 0) is 25.4 Å². The third kappa shape index (κ3) is 3.67. The lowest BCUT2D eigenvalue weighted by molar-refractivity contribution is -0.0332. The summed E-state index contributed by atoms with van der Waals surface area (Å²) in [4.78, 5) is 26.3. The standard InChI is InChI=1S/C18H23N3O4/c1-19-10-14(17(22)20(2)18(19)23)11-21-7-8-25-16(12-21)13-5-4-6-15(9-13)24-3/h4-6,9-10,16H,7-8,11-12H2,1-3H3/t16-/m0/s1. The van der Waals surface area contributed by atoms with Gasteiger partial charge in [-0.25, -0.2) is 4.79 Å². The molecule has 0 radical (unpaired) electrons. The zero-order chi connectivity index (χ0) is 18.0. The summed E-state index contributed by atoms with van der Waals surface area (Å²) in [5, 5.41) is 0. The molecular weight excluding hydrogens is 322 g/mol. The van der Waals surface area contributed by atoms with Gasteiger partial charge in [0, 0.05) is 45.5 Å². The maximum Gasteiger partial charge on any atom is 0.330 e. The van der Waals surface area contributed by atoms with Gasteiger partial charge >= 0.3 is 5.69 Å². The van der Waals surface area contributed by atoms with E-state index in [-0.39, 0.29) is 17.4 Å². The van der Waals surface area contributed by atoms with E-state index in [9.17, 15) is 9.59 Å². The van der Waals surface area contributed by atoms with Gasteiger partial charge in [-0.3, -0.25) is 14.3 Å². The number of benzene rings is 1. The third-order valence-electron chi connectivity index (χ3n) is 4.53. The van der Waals surface area contributed by atoms with Crippen molar-refractivity contribution in [2.24, 2.45) is 14.1 Å². The second-order valence-electron chi connectivity index (χ2n) is 6.28. The summed E-state index contributed by atoms with van der Waals surface area (Å²) in [7, 11) is 4.80. The summed E-state index contributed by atoms with van der Waals surface area (Å²) < 4.78 is 13.8. The van der Waals surface area contributed by atoms with E-state index in [0.717, 1.165) is 22.4 Å². The summed E-state index contributed by atoms with van der Waals surface area (Å²) in [6, 6.07) is 7.83. The number of rotatable bonds is 4. The number of aromatic nitrogens is 2. The predicted molar refractivity (Wildman–Crippen MR) is 93.9 cm³/mol. The van der Waals surface area contributed by atoms with E-state index in [1.54, 1.807) is 20.4 Å². The number of aryl methyl sites for hydroxylation is 1. The van der Waals surface area contributed by atoms with E-state index in [1.807, 2.05) is 24.3 Å². The largest absolute Gasteiger partial charge is 0.497 e. The number of morpholine rings is 1. The van der Waals surface area contributed by atoms with Crippen LogP contribution in [0.5, 0.6) is 5.75 Å². The molecular formula is C18H23N3O4. The highest BCUT2D eigenvalue weighted by molar-refractivity contribution is 5.30. The van der Waals surface area contributed by atoms with Crippen LogP contribution in [0.2, 0.25) is 0 Å². The second kappa shape index (κ2) is 7.25. The van der Waals surface area contributed by atoms with E-state index in [4.69, 9.17) is 9.47 Å². The molecule has 0 saturated carbocycles. The molecule has 1 aromatic carbocycles. The van der Waals surface area contributed by atoms with E-state index in [1.165, 1.54) is 11.6 Å². The first-order chi connectivity index (χ1) is 12.0. The van der Waals surface area contributed by atoms with Crippen molar-refractivity contribution in [1.82, 2.24) is 14.0 Å². The lowest BCUT2D eigenvalue weighted by atomic mass is 10.1. The van der Waals surface area contributed by atoms with E-state index < -0.39 is 0 Å². The lowest BCUT2D eigenvalue weighted by Gasteiger charge is -2.33. The van der Waals surface area contributed by atoms with Gasteiger partial charge in [-0.05, 0) is 17.7 Å². The van der Waals surface area contributed by atoms with Gasteiger partial charge in [0.15, 0.2) is 0 Å². The first-order valence-electron chi connectivity index (χ1n) is 8.23. The Balaban J connectivity index is 1.78. The number of ether oxygens (including phenoxy) is 2. The summed E-state index contributed by atoms with van der Waals surface area (Å²) in [6.07, 6.45) is 1.56. The fourth-order valence-corrected chi connectivity index (χ4v) is 3.12. The molecule has 0 unspecified atom stereocenters. The molecule has 1 aliphatic heterocycles. The molecule has 1 aromatic heterocycles. The lowest BCUT2D eigenvalue weighted by Crippen LogP contribution is -2.42. The summed E-state index contributed by atoms with van der Waals surface area (Å²) in [5.74, 6) is 0.796. The first-order valence-corrected chi connectivity index (χ1v) is 8.23. The second-order valence-corrected chi connectivity index (χ2v) is 6.28. The Hall–Kier alpha value is -2.38. The van der Waals surface area contributed by atoms with Crippen LogP contribution in [0.3, 0.4) is 0 Å². The van der Waals surface area contributed by atoms with Crippen LogP contribution in [0.15, 0.2) is 40.1 Å².